The lowest BCUT2D eigenvalue weighted by Crippen LogP contribution is -2.09. The van der Waals surface area contributed by atoms with E-state index in [1.165, 1.54) is 19.1 Å². The van der Waals surface area contributed by atoms with Crippen molar-refractivity contribution in [3.05, 3.63) is 64.5 Å². The van der Waals surface area contributed by atoms with Gasteiger partial charge in [0.2, 0.25) is 0 Å². The Morgan fingerprint density at radius 3 is 2.53 bits per heavy atom. The molecular weight excluding hydrogens is 248 g/mol. The number of aromatic nitrogens is 1. The molecule has 1 N–H and O–H groups in total. The second kappa shape index (κ2) is 5.45. The van der Waals surface area contributed by atoms with E-state index in [0.717, 1.165) is 5.56 Å². The zero-order valence-electron chi connectivity index (χ0n) is 10.8. The highest BCUT2D eigenvalue weighted by Gasteiger charge is 2.20. The molecule has 0 saturated heterocycles. The summed E-state index contributed by atoms with van der Waals surface area (Å²) in [5.74, 6) is -1.43. The average molecular weight is 263 g/mol. The Hall–Kier alpha value is -1.81. The number of aryl methyl sites for hydroxylation is 2. The molecule has 100 valence electrons. The minimum absolute atomic E-state index is 0.0809. The Balaban J connectivity index is 2.27. The molecule has 1 aromatic heterocycles. The first-order chi connectivity index (χ1) is 8.99. The van der Waals surface area contributed by atoms with Gasteiger partial charge in [0.25, 0.3) is 0 Å². The van der Waals surface area contributed by atoms with Crippen LogP contribution in [0, 0.1) is 25.5 Å². The Morgan fingerprint density at radius 2 is 1.89 bits per heavy atom. The monoisotopic (exact) mass is 263 g/mol. The van der Waals surface area contributed by atoms with E-state index in [0.29, 0.717) is 11.3 Å². The summed E-state index contributed by atoms with van der Waals surface area (Å²) in [6.45, 7) is 3.43. The number of hydrogen-bond acceptors (Lipinski definition) is 2. The van der Waals surface area contributed by atoms with E-state index in [1.807, 2.05) is 13.0 Å². The molecule has 0 spiro atoms. The molecule has 0 amide bonds. The van der Waals surface area contributed by atoms with Crippen molar-refractivity contribution in [3.8, 4) is 0 Å². The van der Waals surface area contributed by atoms with E-state index in [9.17, 15) is 13.9 Å². The van der Waals surface area contributed by atoms with Crippen LogP contribution >= 0.6 is 0 Å². The summed E-state index contributed by atoms with van der Waals surface area (Å²) in [7, 11) is 0. The summed E-state index contributed by atoms with van der Waals surface area (Å²) >= 11 is 0. The molecule has 19 heavy (non-hydrogen) atoms. The third-order valence-electron chi connectivity index (χ3n) is 3.03. The van der Waals surface area contributed by atoms with E-state index in [1.54, 1.807) is 12.3 Å². The lowest BCUT2D eigenvalue weighted by molar-refractivity contribution is 0.167. The van der Waals surface area contributed by atoms with Crippen LogP contribution in [-0.2, 0) is 6.42 Å². The number of pyridine rings is 1. The SMILES string of the molecule is Cc1ccc(CC(O)c2c(F)ccc(C)c2F)nc1. The van der Waals surface area contributed by atoms with Crippen molar-refractivity contribution in [3.63, 3.8) is 0 Å². The first kappa shape index (κ1) is 13.6. The highest BCUT2D eigenvalue weighted by atomic mass is 19.1. The molecule has 2 rings (SSSR count). The van der Waals surface area contributed by atoms with Crippen LogP contribution in [0.5, 0.6) is 0 Å². The van der Waals surface area contributed by atoms with Crippen molar-refractivity contribution < 1.29 is 13.9 Å². The summed E-state index contributed by atoms with van der Waals surface area (Å²) in [5, 5.41) is 10.0. The summed E-state index contributed by atoms with van der Waals surface area (Å²) in [6.07, 6.45) is 0.498. The molecule has 0 fully saturated rings. The van der Waals surface area contributed by atoms with E-state index >= 15 is 0 Å². The predicted octanol–water partition coefficient (Wildman–Crippen LogP) is 3.25. The number of halogens is 2. The minimum Gasteiger partial charge on any atom is -0.388 e. The van der Waals surface area contributed by atoms with Gasteiger partial charge in [-0.2, -0.15) is 0 Å². The quantitative estimate of drug-likeness (QED) is 0.922. The van der Waals surface area contributed by atoms with Crippen molar-refractivity contribution in [2.24, 2.45) is 0 Å². The topological polar surface area (TPSA) is 33.1 Å². The van der Waals surface area contributed by atoms with E-state index < -0.39 is 17.7 Å². The van der Waals surface area contributed by atoms with Gasteiger partial charge in [-0.1, -0.05) is 12.1 Å². The Labute approximate surface area is 110 Å². The van der Waals surface area contributed by atoms with E-state index in [2.05, 4.69) is 4.98 Å². The minimum atomic E-state index is -1.24. The number of aliphatic hydroxyl groups excluding tert-OH is 1. The van der Waals surface area contributed by atoms with Crippen molar-refractivity contribution in [1.82, 2.24) is 4.98 Å². The standard InChI is InChI=1S/C15H15F2NO/c1-9-3-5-11(18-8-9)7-13(19)14-12(16)6-4-10(2)15(14)17/h3-6,8,13,19H,7H2,1-2H3. The van der Waals surface area contributed by atoms with Gasteiger partial charge in [0.1, 0.15) is 11.6 Å². The van der Waals surface area contributed by atoms with Gasteiger partial charge in [-0.25, -0.2) is 8.78 Å². The van der Waals surface area contributed by atoms with Crippen LogP contribution in [0.15, 0.2) is 30.5 Å². The van der Waals surface area contributed by atoms with Crippen LogP contribution in [0.3, 0.4) is 0 Å². The van der Waals surface area contributed by atoms with E-state index in [-0.39, 0.29) is 12.0 Å². The fourth-order valence-electron chi connectivity index (χ4n) is 1.90. The number of aliphatic hydroxyl groups is 1. The van der Waals surface area contributed by atoms with Gasteiger partial charge in [0.05, 0.1) is 11.7 Å². The maximum Gasteiger partial charge on any atom is 0.134 e. The second-order valence-corrected chi connectivity index (χ2v) is 4.64. The maximum absolute atomic E-state index is 13.9. The molecule has 1 atom stereocenters. The highest BCUT2D eigenvalue weighted by molar-refractivity contribution is 5.29. The molecular formula is C15H15F2NO. The number of nitrogens with zero attached hydrogens (tertiary/aromatic N) is 1. The normalized spacial score (nSPS) is 12.5. The van der Waals surface area contributed by atoms with Gasteiger partial charge in [-0.3, -0.25) is 4.98 Å². The highest BCUT2D eigenvalue weighted by Crippen LogP contribution is 2.25. The smallest absolute Gasteiger partial charge is 0.134 e. The van der Waals surface area contributed by atoms with Crippen LogP contribution < -0.4 is 0 Å². The summed E-state index contributed by atoms with van der Waals surface area (Å²) in [6, 6.07) is 6.10. The van der Waals surface area contributed by atoms with Crippen molar-refractivity contribution in [2.75, 3.05) is 0 Å². The second-order valence-electron chi connectivity index (χ2n) is 4.64. The first-order valence-corrected chi connectivity index (χ1v) is 6.03. The number of benzene rings is 1. The summed E-state index contributed by atoms with van der Waals surface area (Å²) < 4.78 is 27.5. The van der Waals surface area contributed by atoms with Crippen LogP contribution in [0.1, 0.15) is 28.5 Å². The Kier molecular flexibility index (Phi) is 3.90. The molecule has 0 saturated carbocycles. The van der Waals surface area contributed by atoms with Crippen LogP contribution in [0.25, 0.3) is 0 Å². The molecule has 2 nitrogen and oxygen atoms in total. The lowest BCUT2D eigenvalue weighted by atomic mass is 10.0. The molecule has 0 radical (unpaired) electrons. The molecule has 1 aromatic carbocycles. The van der Waals surface area contributed by atoms with Gasteiger partial charge >= 0.3 is 0 Å². The van der Waals surface area contributed by atoms with Crippen LogP contribution in [-0.4, -0.2) is 10.1 Å². The third-order valence-corrected chi connectivity index (χ3v) is 3.03. The maximum atomic E-state index is 13.9. The fourth-order valence-corrected chi connectivity index (χ4v) is 1.90. The molecule has 4 heteroatoms. The van der Waals surface area contributed by atoms with Gasteiger partial charge in [-0.15, -0.1) is 0 Å². The Bertz CT molecular complexity index is 581. The molecule has 0 bridgehead atoms. The molecule has 0 aliphatic rings. The lowest BCUT2D eigenvalue weighted by Gasteiger charge is -2.14. The van der Waals surface area contributed by atoms with Gasteiger partial charge in [0, 0.05) is 18.3 Å². The zero-order chi connectivity index (χ0) is 14.0. The van der Waals surface area contributed by atoms with Crippen LogP contribution in [0.2, 0.25) is 0 Å². The molecule has 0 aliphatic heterocycles. The zero-order valence-corrected chi connectivity index (χ0v) is 10.8. The number of hydrogen-bond donors (Lipinski definition) is 1. The summed E-state index contributed by atoms with van der Waals surface area (Å²) in [5.41, 5.74) is 1.61. The molecule has 1 heterocycles. The molecule has 1 unspecified atom stereocenters. The Morgan fingerprint density at radius 1 is 1.16 bits per heavy atom. The first-order valence-electron chi connectivity index (χ1n) is 6.03. The third kappa shape index (κ3) is 2.96. The molecule has 2 aromatic rings. The van der Waals surface area contributed by atoms with Gasteiger partial charge in [-0.05, 0) is 37.1 Å². The van der Waals surface area contributed by atoms with Crippen molar-refractivity contribution in [1.29, 1.82) is 0 Å². The van der Waals surface area contributed by atoms with Gasteiger partial charge < -0.3 is 5.11 Å². The van der Waals surface area contributed by atoms with E-state index in [4.69, 9.17) is 0 Å². The van der Waals surface area contributed by atoms with Crippen molar-refractivity contribution in [2.45, 2.75) is 26.4 Å². The van der Waals surface area contributed by atoms with Gasteiger partial charge in [0.15, 0.2) is 0 Å². The fraction of sp³-hybridized carbons (Fsp3) is 0.267. The predicted molar refractivity (Wildman–Crippen MR) is 68.7 cm³/mol. The summed E-state index contributed by atoms with van der Waals surface area (Å²) in [4.78, 5) is 4.12. The van der Waals surface area contributed by atoms with Crippen LogP contribution in [0.4, 0.5) is 8.78 Å². The largest absolute Gasteiger partial charge is 0.388 e. The van der Waals surface area contributed by atoms with Crippen molar-refractivity contribution >= 4 is 0 Å². The number of rotatable bonds is 3. The molecule has 0 aliphatic carbocycles. The average Bonchev–Trinajstić information content (AvgIpc) is 2.37.